The number of aromatic nitrogens is 2. The van der Waals surface area contributed by atoms with Crippen LogP contribution in [-0.4, -0.2) is 38.8 Å². The smallest absolute Gasteiger partial charge is 0.356 e. The fraction of sp³-hybridized carbons (Fsp3) is 0.452. The molecule has 1 N–H and O–H groups in total. The Hall–Kier alpha value is -3.23. The molecule has 2 aliphatic heterocycles. The second-order valence-corrected chi connectivity index (χ2v) is 12.5. The predicted molar refractivity (Wildman–Crippen MR) is 150 cm³/mol. The Kier molecular flexibility index (Phi) is 5.56. The molecule has 4 fully saturated rings. The Morgan fingerprint density at radius 1 is 1.03 bits per heavy atom. The van der Waals surface area contributed by atoms with Crippen molar-refractivity contribution in [3.8, 4) is 11.3 Å². The summed E-state index contributed by atoms with van der Waals surface area (Å²) in [5, 5.41) is 14.7. The maximum absolute atomic E-state index is 11.5. The van der Waals surface area contributed by atoms with E-state index in [4.69, 9.17) is 9.26 Å². The van der Waals surface area contributed by atoms with E-state index in [1.165, 1.54) is 54.0 Å². The van der Waals surface area contributed by atoms with Crippen LogP contribution in [0, 0.1) is 0 Å². The van der Waals surface area contributed by atoms with Gasteiger partial charge in [0.1, 0.15) is 11.5 Å². The topological polar surface area (TPSA) is 88.7 Å². The zero-order valence-electron chi connectivity index (χ0n) is 21.7. The van der Waals surface area contributed by atoms with E-state index in [0.29, 0.717) is 30.5 Å². The molecule has 39 heavy (non-hydrogen) atoms. The third kappa shape index (κ3) is 4.16. The number of ether oxygens (including phenoxy) is 1. The minimum atomic E-state index is -0.969. The van der Waals surface area contributed by atoms with E-state index in [2.05, 4.69) is 50.8 Å². The lowest BCUT2D eigenvalue weighted by atomic mass is 9.96. The van der Waals surface area contributed by atoms with Gasteiger partial charge < -0.3 is 19.3 Å². The van der Waals surface area contributed by atoms with E-state index in [-0.39, 0.29) is 11.8 Å². The van der Waals surface area contributed by atoms with Crippen LogP contribution in [0.3, 0.4) is 0 Å². The lowest BCUT2D eigenvalue weighted by molar-refractivity contribution is 0.0147. The van der Waals surface area contributed by atoms with Crippen LogP contribution in [0.25, 0.3) is 21.3 Å². The van der Waals surface area contributed by atoms with Gasteiger partial charge in [-0.1, -0.05) is 29.4 Å². The van der Waals surface area contributed by atoms with Gasteiger partial charge in [-0.15, -0.1) is 0 Å². The lowest BCUT2D eigenvalue weighted by Gasteiger charge is -2.40. The third-order valence-electron chi connectivity index (χ3n) is 9.11. The van der Waals surface area contributed by atoms with Crippen LogP contribution >= 0.6 is 11.5 Å². The Balaban J connectivity index is 1.01. The highest BCUT2D eigenvalue weighted by Crippen LogP contribution is 2.48. The summed E-state index contributed by atoms with van der Waals surface area (Å²) < 4.78 is 17.7. The van der Waals surface area contributed by atoms with Gasteiger partial charge in [-0.05, 0) is 92.6 Å². The molecule has 4 heterocycles. The Labute approximate surface area is 230 Å². The average molecular weight is 542 g/mol. The van der Waals surface area contributed by atoms with Crippen molar-refractivity contribution in [1.29, 1.82) is 0 Å². The molecule has 0 amide bonds. The zero-order valence-corrected chi connectivity index (χ0v) is 22.5. The number of anilines is 1. The standard InChI is InChI=1S/C31H31N3O4S/c35-31(36)29-25-12-11-21(15-27(25)39-33-29)34-19-9-10-20(34)14-22(13-19)37-16-26-28(32-38-30(26)18-7-8-18)24-4-2-1-3-23(24)17-5-6-17/h1-4,11-12,15,17-20,22H,5-10,13-14,16H2,(H,35,36). The molecule has 2 saturated heterocycles. The van der Waals surface area contributed by atoms with E-state index in [0.717, 1.165) is 52.8 Å². The molecule has 0 spiro atoms. The summed E-state index contributed by atoms with van der Waals surface area (Å²) in [7, 11) is 0. The highest BCUT2D eigenvalue weighted by Gasteiger charge is 2.42. The first kappa shape index (κ1) is 23.6. The van der Waals surface area contributed by atoms with Gasteiger partial charge in [0.05, 0.1) is 17.4 Å². The monoisotopic (exact) mass is 541 g/mol. The lowest BCUT2D eigenvalue weighted by Crippen LogP contribution is -2.45. The quantitative estimate of drug-likeness (QED) is 0.254. The van der Waals surface area contributed by atoms with Crippen molar-refractivity contribution in [2.45, 2.75) is 88.0 Å². The van der Waals surface area contributed by atoms with Crippen molar-refractivity contribution in [3.05, 3.63) is 65.0 Å². The zero-order chi connectivity index (χ0) is 26.1. The molecule has 2 bridgehead atoms. The van der Waals surface area contributed by atoms with Gasteiger partial charge in [-0.25, -0.2) is 4.79 Å². The summed E-state index contributed by atoms with van der Waals surface area (Å²) in [5.74, 6) is 1.20. The SMILES string of the molecule is O=C(O)c1nsc2cc(N3C4CCC3CC(OCc3c(-c5ccccc5C5CC5)noc3C3CC3)C4)ccc12. The Morgan fingerprint density at radius 2 is 1.79 bits per heavy atom. The highest BCUT2D eigenvalue weighted by atomic mass is 32.1. The Morgan fingerprint density at radius 3 is 2.54 bits per heavy atom. The van der Waals surface area contributed by atoms with Crippen LogP contribution in [0.2, 0.25) is 0 Å². The number of carboxylic acids is 1. The summed E-state index contributed by atoms with van der Waals surface area (Å²) in [6, 6.07) is 15.7. The van der Waals surface area contributed by atoms with Crippen molar-refractivity contribution in [1.82, 2.24) is 9.53 Å². The molecule has 0 radical (unpaired) electrons. The van der Waals surface area contributed by atoms with E-state index in [9.17, 15) is 9.90 Å². The predicted octanol–water partition coefficient (Wildman–Crippen LogP) is 7.12. The highest BCUT2D eigenvalue weighted by molar-refractivity contribution is 7.13. The maximum atomic E-state index is 11.5. The summed E-state index contributed by atoms with van der Waals surface area (Å²) in [5.41, 5.74) is 6.07. The van der Waals surface area contributed by atoms with E-state index >= 15 is 0 Å². The van der Waals surface area contributed by atoms with Crippen molar-refractivity contribution in [3.63, 3.8) is 0 Å². The minimum Gasteiger partial charge on any atom is -0.476 e. The molecule has 2 aromatic carbocycles. The molecule has 8 rings (SSSR count). The first-order valence-electron chi connectivity index (χ1n) is 14.2. The van der Waals surface area contributed by atoms with E-state index < -0.39 is 5.97 Å². The van der Waals surface area contributed by atoms with Crippen LogP contribution in [0.1, 0.15) is 90.6 Å². The molecule has 4 aromatic rings. The largest absolute Gasteiger partial charge is 0.476 e. The molecule has 7 nitrogen and oxygen atoms in total. The number of piperidine rings is 1. The van der Waals surface area contributed by atoms with Crippen LogP contribution in [-0.2, 0) is 11.3 Å². The molecule has 8 heteroatoms. The first-order chi connectivity index (χ1) is 19.1. The van der Waals surface area contributed by atoms with Crippen molar-refractivity contribution < 1.29 is 19.2 Å². The van der Waals surface area contributed by atoms with Gasteiger partial charge >= 0.3 is 5.97 Å². The maximum Gasteiger partial charge on any atom is 0.356 e. The number of rotatable bonds is 8. The molecule has 2 unspecified atom stereocenters. The number of aromatic carboxylic acids is 1. The fourth-order valence-electron chi connectivity index (χ4n) is 6.93. The number of hydrogen-bond donors (Lipinski definition) is 1. The van der Waals surface area contributed by atoms with Crippen molar-refractivity contribution in [2.24, 2.45) is 0 Å². The van der Waals surface area contributed by atoms with Gasteiger partial charge in [0.15, 0.2) is 5.69 Å². The first-order valence-corrected chi connectivity index (χ1v) is 15.0. The number of hydrogen-bond acceptors (Lipinski definition) is 7. The number of carboxylic acid groups (broad SMARTS) is 1. The summed E-state index contributed by atoms with van der Waals surface area (Å²) in [6.07, 6.45) is 9.38. The van der Waals surface area contributed by atoms with Crippen LogP contribution in [0.5, 0.6) is 0 Å². The van der Waals surface area contributed by atoms with Gasteiger partial charge in [0, 0.05) is 40.2 Å². The van der Waals surface area contributed by atoms with Gasteiger partial charge in [0.25, 0.3) is 0 Å². The molecule has 2 atom stereocenters. The van der Waals surface area contributed by atoms with Gasteiger partial charge in [0.2, 0.25) is 0 Å². The fourth-order valence-corrected chi connectivity index (χ4v) is 7.73. The Bertz CT molecular complexity index is 1560. The molecule has 2 aromatic heterocycles. The van der Waals surface area contributed by atoms with Crippen LogP contribution in [0.15, 0.2) is 47.0 Å². The molecule has 2 saturated carbocycles. The van der Waals surface area contributed by atoms with Gasteiger partial charge in [-0.2, -0.15) is 4.37 Å². The summed E-state index contributed by atoms with van der Waals surface area (Å²) in [4.78, 5) is 14.0. The average Bonchev–Trinajstić information content (AvgIpc) is 3.87. The number of fused-ring (bicyclic) bond motifs is 3. The number of benzene rings is 2. The van der Waals surface area contributed by atoms with Crippen molar-refractivity contribution >= 4 is 33.3 Å². The normalized spacial score (nSPS) is 24.5. The summed E-state index contributed by atoms with van der Waals surface area (Å²) in [6.45, 7) is 0.554. The number of nitrogens with zero attached hydrogens (tertiary/aromatic N) is 3. The summed E-state index contributed by atoms with van der Waals surface area (Å²) >= 11 is 1.27. The minimum absolute atomic E-state index is 0.148. The van der Waals surface area contributed by atoms with E-state index in [1.54, 1.807) is 0 Å². The number of carbonyl (C=O) groups is 1. The molecule has 200 valence electrons. The third-order valence-corrected chi connectivity index (χ3v) is 9.92. The second kappa shape index (κ2) is 9.17. The molecular weight excluding hydrogens is 510 g/mol. The van der Waals surface area contributed by atoms with Crippen molar-refractivity contribution in [2.75, 3.05) is 4.90 Å². The van der Waals surface area contributed by atoms with Crippen LogP contribution in [0.4, 0.5) is 5.69 Å². The molecule has 2 aliphatic carbocycles. The molecule has 4 aliphatic rings. The van der Waals surface area contributed by atoms with E-state index in [1.807, 2.05) is 6.07 Å². The van der Waals surface area contributed by atoms with Gasteiger partial charge in [-0.3, -0.25) is 0 Å². The molecular formula is C31H31N3O4S. The second-order valence-electron chi connectivity index (χ2n) is 11.7. The van der Waals surface area contributed by atoms with Crippen LogP contribution < -0.4 is 4.90 Å².